The molecule has 0 aliphatic carbocycles. The number of hydrogen-bond donors (Lipinski definition) is 1. The molecule has 1 saturated heterocycles. The largest absolute Gasteiger partial charge is 0.341 e. The number of carbonyl (C=O) groups excluding carboxylic acids is 1. The van der Waals surface area contributed by atoms with Gasteiger partial charge in [0, 0.05) is 33.2 Å². The molecule has 1 heterocycles. The molecule has 0 unspecified atom stereocenters. The first-order chi connectivity index (χ1) is 4.84. The average molecular weight is 142 g/mol. The van der Waals surface area contributed by atoms with Crippen LogP contribution in [0, 0.1) is 0 Å². The Bertz CT molecular complexity index is 120. The molecule has 0 aromatic rings. The first-order valence-corrected chi connectivity index (χ1v) is 3.44. The highest BCUT2D eigenvalue weighted by Crippen LogP contribution is 1.92. The second-order valence-corrected chi connectivity index (χ2v) is 2.21. The standard InChI is InChI=1S/C6H12N3O/c1-7-6(10)9-4-2-8-3-5-9/h2-5H2,1H3,(H,7,10). The molecule has 10 heavy (non-hydrogen) atoms. The van der Waals surface area contributed by atoms with E-state index in [1.807, 2.05) is 0 Å². The highest BCUT2D eigenvalue weighted by atomic mass is 16.2. The maximum absolute atomic E-state index is 10.9. The zero-order chi connectivity index (χ0) is 7.40. The summed E-state index contributed by atoms with van der Waals surface area (Å²) in [4.78, 5) is 12.7. The van der Waals surface area contributed by atoms with Gasteiger partial charge in [-0.3, -0.25) is 0 Å². The van der Waals surface area contributed by atoms with E-state index in [1.165, 1.54) is 0 Å². The molecule has 1 aliphatic rings. The smallest absolute Gasteiger partial charge is 0.317 e. The summed E-state index contributed by atoms with van der Waals surface area (Å²) < 4.78 is 0. The van der Waals surface area contributed by atoms with Gasteiger partial charge in [-0.05, 0) is 0 Å². The molecule has 0 saturated carbocycles. The topological polar surface area (TPSA) is 46.4 Å². The molecule has 1 radical (unpaired) electrons. The fourth-order valence-electron chi connectivity index (χ4n) is 0.968. The molecule has 4 nitrogen and oxygen atoms in total. The normalized spacial score (nSPS) is 18.7. The van der Waals surface area contributed by atoms with Crippen molar-refractivity contribution in [3.8, 4) is 0 Å². The van der Waals surface area contributed by atoms with E-state index >= 15 is 0 Å². The van der Waals surface area contributed by atoms with Crippen LogP contribution in [0.5, 0.6) is 0 Å². The quantitative estimate of drug-likeness (QED) is 0.475. The maximum atomic E-state index is 10.9. The Morgan fingerprint density at radius 1 is 1.50 bits per heavy atom. The fourth-order valence-corrected chi connectivity index (χ4v) is 0.968. The fraction of sp³-hybridized carbons (Fsp3) is 0.833. The lowest BCUT2D eigenvalue weighted by Gasteiger charge is -2.25. The van der Waals surface area contributed by atoms with Crippen LogP contribution in [0.3, 0.4) is 0 Å². The van der Waals surface area contributed by atoms with Crippen molar-refractivity contribution in [2.24, 2.45) is 0 Å². The van der Waals surface area contributed by atoms with E-state index in [9.17, 15) is 4.79 Å². The van der Waals surface area contributed by atoms with Gasteiger partial charge in [-0.15, -0.1) is 0 Å². The molecular weight excluding hydrogens is 130 g/mol. The summed E-state index contributed by atoms with van der Waals surface area (Å²) in [5.41, 5.74) is 0. The highest BCUT2D eigenvalue weighted by Gasteiger charge is 2.13. The average Bonchev–Trinajstić information content (AvgIpc) is 2.05. The molecule has 1 fully saturated rings. The van der Waals surface area contributed by atoms with E-state index in [0.29, 0.717) is 0 Å². The van der Waals surface area contributed by atoms with Crippen LogP contribution < -0.4 is 10.6 Å². The van der Waals surface area contributed by atoms with E-state index in [2.05, 4.69) is 10.6 Å². The SMILES string of the molecule is CNC(=O)N1CC[N]CC1. The zero-order valence-corrected chi connectivity index (χ0v) is 6.13. The first-order valence-electron chi connectivity index (χ1n) is 3.44. The van der Waals surface area contributed by atoms with Gasteiger partial charge < -0.3 is 10.2 Å². The Balaban J connectivity index is 2.31. The van der Waals surface area contributed by atoms with Gasteiger partial charge in [0.15, 0.2) is 0 Å². The van der Waals surface area contributed by atoms with Gasteiger partial charge in [-0.2, -0.15) is 0 Å². The highest BCUT2D eigenvalue weighted by molar-refractivity contribution is 5.73. The number of hydrogen-bond acceptors (Lipinski definition) is 1. The van der Waals surface area contributed by atoms with Crippen molar-refractivity contribution >= 4 is 6.03 Å². The first kappa shape index (κ1) is 7.34. The van der Waals surface area contributed by atoms with Crippen molar-refractivity contribution in [2.45, 2.75) is 0 Å². The Morgan fingerprint density at radius 3 is 2.60 bits per heavy atom. The number of nitrogens with one attached hydrogen (secondary N) is 1. The Morgan fingerprint density at radius 2 is 2.10 bits per heavy atom. The third kappa shape index (κ3) is 1.60. The molecule has 0 atom stereocenters. The van der Waals surface area contributed by atoms with Crippen molar-refractivity contribution in [1.29, 1.82) is 0 Å². The second kappa shape index (κ2) is 3.41. The molecule has 1 aliphatic heterocycles. The van der Waals surface area contributed by atoms with Gasteiger partial charge in [-0.1, -0.05) is 0 Å². The minimum absolute atomic E-state index is 0.00917. The van der Waals surface area contributed by atoms with Crippen molar-refractivity contribution in [2.75, 3.05) is 33.2 Å². The monoisotopic (exact) mass is 142 g/mol. The van der Waals surface area contributed by atoms with E-state index < -0.39 is 0 Å². The minimum atomic E-state index is 0.00917. The number of amides is 2. The summed E-state index contributed by atoms with van der Waals surface area (Å²) in [6.45, 7) is 3.10. The predicted molar refractivity (Wildman–Crippen MR) is 37.9 cm³/mol. The Hall–Kier alpha value is -0.770. The van der Waals surface area contributed by atoms with Gasteiger partial charge in [0.25, 0.3) is 0 Å². The molecule has 1 N–H and O–H groups in total. The molecule has 1 rings (SSSR count). The van der Waals surface area contributed by atoms with E-state index in [-0.39, 0.29) is 6.03 Å². The number of piperazine rings is 1. The summed E-state index contributed by atoms with van der Waals surface area (Å²) in [6.07, 6.45) is 0. The molecule has 2 amide bonds. The van der Waals surface area contributed by atoms with Gasteiger partial charge in [0.05, 0.1) is 0 Å². The molecule has 0 aromatic heterocycles. The van der Waals surface area contributed by atoms with E-state index in [1.54, 1.807) is 11.9 Å². The van der Waals surface area contributed by atoms with Crippen molar-refractivity contribution in [3.63, 3.8) is 0 Å². The predicted octanol–water partition coefficient (Wildman–Crippen LogP) is -0.754. The lowest BCUT2D eigenvalue weighted by molar-refractivity contribution is 0.192. The van der Waals surface area contributed by atoms with Crippen LogP contribution in [-0.4, -0.2) is 44.2 Å². The minimum Gasteiger partial charge on any atom is -0.341 e. The third-order valence-electron chi connectivity index (χ3n) is 1.56. The van der Waals surface area contributed by atoms with Crippen LogP contribution in [0.1, 0.15) is 0 Å². The summed E-state index contributed by atoms with van der Waals surface area (Å²) in [5, 5.41) is 6.70. The number of carbonyl (C=O) groups is 1. The molecule has 57 valence electrons. The number of nitrogens with zero attached hydrogens (tertiary/aromatic N) is 2. The van der Waals surface area contributed by atoms with E-state index in [0.717, 1.165) is 26.2 Å². The van der Waals surface area contributed by atoms with E-state index in [4.69, 9.17) is 0 Å². The lowest BCUT2D eigenvalue weighted by Crippen LogP contribution is -2.47. The zero-order valence-electron chi connectivity index (χ0n) is 6.13. The summed E-state index contributed by atoms with van der Waals surface area (Å²) in [7, 11) is 1.65. The van der Waals surface area contributed by atoms with Crippen LogP contribution in [0.2, 0.25) is 0 Å². The second-order valence-electron chi connectivity index (χ2n) is 2.21. The van der Waals surface area contributed by atoms with Gasteiger partial charge in [-0.25, -0.2) is 10.1 Å². The summed E-state index contributed by atoms with van der Waals surface area (Å²) in [6, 6.07) is 0.00917. The molecule has 0 spiro atoms. The maximum Gasteiger partial charge on any atom is 0.317 e. The van der Waals surface area contributed by atoms with Crippen LogP contribution in [0.4, 0.5) is 4.79 Å². The Kier molecular flexibility index (Phi) is 2.50. The lowest BCUT2D eigenvalue weighted by atomic mass is 10.4. The molecular formula is C6H12N3O. The van der Waals surface area contributed by atoms with Crippen molar-refractivity contribution in [3.05, 3.63) is 0 Å². The molecule has 0 aromatic carbocycles. The van der Waals surface area contributed by atoms with Crippen LogP contribution in [0.25, 0.3) is 0 Å². The third-order valence-corrected chi connectivity index (χ3v) is 1.56. The molecule has 4 heteroatoms. The van der Waals surface area contributed by atoms with Crippen molar-refractivity contribution in [1.82, 2.24) is 15.5 Å². The van der Waals surface area contributed by atoms with Crippen LogP contribution >= 0.6 is 0 Å². The van der Waals surface area contributed by atoms with Crippen molar-refractivity contribution < 1.29 is 4.79 Å². The van der Waals surface area contributed by atoms with Gasteiger partial charge >= 0.3 is 6.03 Å². The number of urea groups is 1. The van der Waals surface area contributed by atoms with Crippen LogP contribution in [-0.2, 0) is 0 Å². The Labute approximate surface area is 60.6 Å². The number of rotatable bonds is 0. The molecule has 0 bridgehead atoms. The van der Waals surface area contributed by atoms with Gasteiger partial charge in [0.2, 0.25) is 0 Å². The summed E-state index contributed by atoms with van der Waals surface area (Å²) >= 11 is 0. The van der Waals surface area contributed by atoms with Crippen LogP contribution in [0.15, 0.2) is 0 Å². The van der Waals surface area contributed by atoms with Gasteiger partial charge in [0.1, 0.15) is 0 Å². The summed E-state index contributed by atoms with van der Waals surface area (Å²) in [5.74, 6) is 0.